The number of nitrogens with two attached hydrogens (primary N) is 1. The number of aromatic nitrogens is 3. The van der Waals surface area contributed by atoms with E-state index in [1.165, 1.54) is 24.0 Å². The van der Waals surface area contributed by atoms with Crippen molar-refractivity contribution in [1.82, 2.24) is 24.3 Å². The second-order valence-electron chi connectivity index (χ2n) is 10.4. The van der Waals surface area contributed by atoms with Crippen molar-refractivity contribution in [2.75, 3.05) is 39.0 Å². The highest BCUT2D eigenvalue weighted by atomic mass is 16.1. The number of carbonyl (C=O) groups excluding carboxylic acids is 1. The Labute approximate surface area is 224 Å². The maximum Gasteiger partial charge on any atom is 0.249 e. The van der Waals surface area contributed by atoms with Gasteiger partial charge in [0, 0.05) is 48.3 Å². The van der Waals surface area contributed by atoms with Gasteiger partial charge in [-0.15, -0.1) is 0 Å². The van der Waals surface area contributed by atoms with Gasteiger partial charge < -0.3 is 16.0 Å². The van der Waals surface area contributed by atoms with Gasteiger partial charge in [0.05, 0.1) is 11.2 Å². The maximum absolute atomic E-state index is 12.1. The average Bonchev–Trinajstić information content (AvgIpc) is 3.25. The lowest BCUT2D eigenvalue weighted by Crippen LogP contribution is -2.33. The Bertz CT molecular complexity index is 1430. The molecular formula is C30H37N7O. The molecule has 0 bridgehead atoms. The molecule has 0 radical (unpaired) electrons. The number of hydrogen-bond donors (Lipinski definition) is 2. The minimum Gasteiger partial charge on any atom is -0.366 e. The number of nitrogens with zero attached hydrogens (tertiary/aromatic N) is 5. The monoisotopic (exact) mass is 511 g/mol. The van der Waals surface area contributed by atoms with E-state index < -0.39 is 5.91 Å². The molecule has 198 valence electrons. The molecule has 38 heavy (non-hydrogen) atoms. The molecule has 0 atom stereocenters. The molecule has 1 amide bonds. The molecule has 3 heterocycles. The standard InChI is InChI=1S/C30H37N7O/c1-21-18-24-23(28(31)38)12-9-13-27(24)37(21)30-33-26-14-17-36(16-8-7-15-35(2)3)20-25(26)29(34-30)32-19-22-10-5-4-6-11-22/h4-6,9-13,18H,7-8,14-17,19-20H2,1-3H3,(H2,31,38)(H,32,33,34). The molecule has 8 nitrogen and oxygen atoms in total. The molecule has 0 fully saturated rings. The largest absolute Gasteiger partial charge is 0.366 e. The lowest BCUT2D eigenvalue weighted by atomic mass is 10.1. The quantitative estimate of drug-likeness (QED) is 0.311. The lowest BCUT2D eigenvalue weighted by molar-refractivity contribution is 0.100. The molecule has 0 aliphatic carbocycles. The predicted octanol–water partition coefficient (Wildman–Crippen LogP) is 4.14. The van der Waals surface area contributed by atoms with Crippen LogP contribution in [-0.2, 0) is 19.5 Å². The van der Waals surface area contributed by atoms with Crippen molar-refractivity contribution in [2.24, 2.45) is 5.73 Å². The van der Waals surface area contributed by atoms with E-state index in [2.05, 4.69) is 53.5 Å². The molecule has 8 heteroatoms. The number of benzene rings is 2. The van der Waals surface area contributed by atoms with Crippen LogP contribution in [0.15, 0.2) is 54.6 Å². The van der Waals surface area contributed by atoms with Crippen LogP contribution < -0.4 is 11.1 Å². The molecule has 0 unspecified atom stereocenters. The summed E-state index contributed by atoms with van der Waals surface area (Å²) in [4.78, 5) is 27.0. The Balaban J connectivity index is 1.50. The molecule has 3 N–H and O–H groups in total. The Morgan fingerprint density at radius 1 is 1.08 bits per heavy atom. The highest BCUT2D eigenvalue weighted by Gasteiger charge is 2.24. The van der Waals surface area contributed by atoms with Gasteiger partial charge in [0.2, 0.25) is 11.9 Å². The third-order valence-corrected chi connectivity index (χ3v) is 7.26. The van der Waals surface area contributed by atoms with Crippen molar-refractivity contribution in [3.05, 3.63) is 82.7 Å². The van der Waals surface area contributed by atoms with Gasteiger partial charge in [-0.3, -0.25) is 14.3 Å². The summed E-state index contributed by atoms with van der Waals surface area (Å²) in [6.07, 6.45) is 3.25. The topological polar surface area (TPSA) is 92.3 Å². The van der Waals surface area contributed by atoms with Gasteiger partial charge in [-0.05, 0) is 70.7 Å². The summed E-state index contributed by atoms with van der Waals surface area (Å²) < 4.78 is 2.03. The number of amides is 1. The zero-order chi connectivity index (χ0) is 26.6. The summed E-state index contributed by atoms with van der Waals surface area (Å²) >= 11 is 0. The third kappa shape index (κ3) is 5.56. The summed E-state index contributed by atoms with van der Waals surface area (Å²) in [5.41, 5.74) is 11.5. The second kappa shape index (κ2) is 11.3. The Morgan fingerprint density at radius 2 is 1.89 bits per heavy atom. The summed E-state index contributed by atoms with van der Waals surface area (Å²) in [6, 6.07) is 18.0. The van der Waals surface area contributed by atoms with Gasteiger partial charge in [0.25, 0.3) is 0 Å². The lowest BCUT2D eigenvalue weighted by Gasteiger charge is -2.30. The second-order valence-corrected chi connectivity index (χ2v) is 10.4. The summed E-state index contributed by atoms with van der Waals surface area (Å²) in [7, 11) is 4.25. The number of carbonyl (C=O) groups is 1. The first-order chi connectivity index (χ1) is 18.4. The van der Waals surface area contributed by atoms with Crippen molar-refractivity contribution < 1.29 is 4.79 Å². The molecule has 0 spiro atoms. The number of fused-ring (bicyclic) bond motifs is 2. The first-order valence-corrected chi connectivity index (χ1v) is 13.4. The molecule has 5 rings (SSSR count). The first kappa shape index (κ1) is 25.9. The molecule has 4 aromatic rings. The normalized spacial score (nSPS) is 13.7. The van der Waals surface area contributed by atoms with Gasteiger partial charge in [-0.2, -0.15) is 4.98 Å². The first-order valence-electron chi connectivity index (χ1n) is 13.4. The fourth-order valence-electron chi connectivity index (χ4n) is 5.28. The zero-order valence-electron chi connectivity index (χ0n) is 22.6. The average molecular weight is 512 g/mol. The number of aryl methyl sites for hydroxylation is 1. The van der Waals surface area contributed by atoms with E-state index in [4.69, 9.17) is 15.7 Å². The van der Waals surface area contributed by atoms with Crippen LogP contribution in [0.5, 0.6) is 0 Å². The van der Waals surface area contributed by atoms with Crippen molar-refractivity contribution in [3.63, 3.8) is 0 Å². The van der Waals surface area contributed by atoms with Crippen LogP contribution in [0.2, 0.25) is 0 Å². The van der Waals surface area contributed by atoms with Gasteiger partial charge in [0.1, 0.15) is 5.82 Å². The molecule has 0 saturated heterocycles. The molecule has 2 aromatic carbocycles. The molecule has 1 aliphatic heterocycles. The van der Waals surface area contributed by atoms with Crippen molar-refractivity contribution in [1.29, 1.82) is 0 Å². The number of unbranched alkanes of at least 4 members (excludes halogenated alkanes) is 1. The molecule has 1 aliphatic rings. The van der Waals surface area contributed by atoms with Crippen LogP contribution >= 0.6 is 0 Å². The van der Waals surface area contributed by atoms with Crippen LogP contribution in [0.3, 0.4) is 0 Å². The molecule has 2 aromatic heterocycles. The van der Waals surface area contributed by atoms with Crippen LogP contribution in [0.1, 0.15) is 45.7 Å². The number of primary amides is 1. The molecule has 0 saturated carbocycles. The predicted molar refractivity (Wildman–Crippen MR) is 153 cm³/mol. The SMILES string of the molecule is Cc1cc2c(C(N)=O)cccc2n1-c1nc2c(c(NCc3ccccc3)n1)CN(CCCCN(C)C)CC2. The van der Waals surface area contributed by atoms with E-state index in [0.29, 0.717) is 18.1 Å². The van der Waals surface area contributed by atoms with Gasteiger partial charge in [-0.1, -0.05) is 36.4 Å². The number of anilines is 1. The summed E-state index contributed by atoms with van der Waals surface area (Å²) in [5.74, 6) is 1.06. The minimum atomic E-state index is -0.435. The van der Waals surface area contributed by atoms with Crippen LogP contribution in [0, 0.1) is 6.92 Å². The van der Waals surface area contributed by atoms with Gasteiger partial charge >= 0.3 is 0 Å². The number of nitrogens with one attached hydrogen (secondary N) is 1. The zero-order valence-corrected chi connectivity index (χ0v) is 22.6. The molecular weight excluding hydrogens is 474 g/mol. The fourth-order valence-corrected chi connectivity index (χ4v) is 5.28. The Hall–Kier alpha value is -3.75. The van der Waals surface area contributed by atoms with Crippen molar-refractivity contribution >= 4 is 22.6 Å². The highest BCUT2D eigenvalue weighted by molar-refractivity contribution is 6.06. The van der Waals surface area contributed by atoms with Gasteiger partial charge in [-0.25, -0.2) is 4.98 Å². The van der Waals surface area contributed by atoms with E-state index in [-0.39, 0.29) is 0 Å². The Kier molecular flexibility index (Phi) is 7.72. The van der Waals surface area contributed by atoms with Crippen LogP contribution in [0.25, 0.3) is 16.9 Å². The van der Waals surface area contributed by atoms with Crippen molar-refractivity contribution in [3.8, 4) is 5.95 Å². The van der Waals surface area contributed by atoms with Crippen LogP contribution in [-0.4, -0.2) is 64.0 Å². The highest BCUT2D eigenvalue weighted by Crippen LogP contribution is 2.30. The van der Waals surface area contributed by atoms with E-state index in [0.717, 1.165) is 60.7 Å². The van der Waals surface area contributed by atoms with Gasteiger partial charge in [0.15, 0.2) is 0 Å². The van der Waals surface area contributed by atoms with E-state index in [9.17, 15) is 4.79 Å². The van der Waals surface area contributed by atoms with Crippen LogP contribution in [0.4, 0.5) is 5.82 Å². The van der Waals surface area contributed by atoms with Crippen molar-refractivity contribution in [2.45, 2.75) is 39.3 Å². The maximum atomic E-state index is 12.1. The third-order valence-electron chi connectivity index (χ3n) is 7.26. The smallest absolute Gasteiger partial charge is 0.249 e. The Morgan fingerprint density at radius 3 is 2.66 bits per heavy atom. The number of rotatable bonds is 10. The summed E-state index contributed by atoms with van der Waals surface area (Å²) in [6.45, 7) is 6.71. The van der Waals surface area contributed by atoms with E-state index in [1.54, 1.807) is 6.07 Å². The minimum absolute atomic E-state index is 0.435. The van der Waals surface area contributed by atoms with E-state index >= 15 is 0 Å². The fraction of sp³-hybridized carbons (Fsp3) is 0.367. The summed E-state index contributed by atoms with van der Waals surface area (Å²) in [5, 5.41) is 4.44. The number of hydrogen-bond acceptors (Lipinski definition) is 6. The van der Waals surface area contributed by atoms with E-state index in [1.807, 2.05) is 35.8 Å².